The highest BCUT2D eigenvalue weighted by atomic mass is 32.2. The topological polar surface area (TPSA) is 38.9 Å². The number of nitrogens with zero attached hydrogens (tertiary/aromatic N) is 1. The molecule has 1 unspecified atom stereocenters. The van der Waals surface area contributed by atoms with Crippen molar-refractivity contribution < 1.29 is 0 Å². The van der Waals surface area contributed by atoms with Crippen LogP contribution in [0.3, 0.4) is 0 Å². The van der Waals surface area contributed by atoms with E-state index >= 15 is 0 Å². The minimum atomic E-state index is 0.387. The Morgan fingerprint density at radius 2 is 2.15 bits per heavy atom. The predicted molar refractivity (Wildman–Crippen MR) is 55.7 cm³/mol. The first-order valence-electron chi connectivity index (χ1n) is 4.64. The summed E-state index contributed by atoms with van der Waals surface area (Å²) in [6.07, 6.45) is 6.31. The molecule has 1 fully saturated rings. The van der Waals surface area contributed by atoms with Gasteiger partial charge in [-0.3, -0.25) is 4.98 Å². The van der Waals surface area contributed by atoms with Gasteiger partial charge in [-0.15, -0.1) is 11.8 Å². The Bertz CT molecular complexity index is 259. The second-order valence-corrected chi connectivity index (χ2v) is 4.59. The van der Waals surface area contributed by atoms with Gasteiger partial charge < -0.3 is 5.73 Å². The molecular formula is C10H14N2S. The third-order valence-electron chi connectivity index (χ3n) is 2.32. The lowest BCUT2D eigenvalue weighted by Gasteiger charge is -2.08. The molecule has 0 saturated heterocycles. The zero-order valence-electron chi connectivity index (χ0n) is 7.52. The van der Waals surface area contributed by atoms with E-state index in [-0.39, 0.29) is 0 Å². The van der Waals surface area contributed by atoms with Gasteiger partial charge in [0.2, 0.25) is 0 Å². The summed E-state index contributed by atoms with van der Waals surface area (Å²) in [5.41, 5.74) is 5.99. The molecule has 70 valence electrons. The van der Waals surface area contributed by atoms with Crippen LogP contribution in [-0.2, 0) is 0 Å². The first kappa shape index (κ1) is 9.03. The fourth-order valence-corrected chi connectivity index (χ4v) is 2.26. The maximum atomic E-state index is 5.99. The number of thioether (sulfide) groups is 1. The second kappa shape index (κ2) is 4.11. The molecule has 2 N–H and O–H groups in total. The van der Waals surface area contributed by atoms with Gasteiger partial charge in [-0.2, -0.15) is 0 Å². The fraction of sp³-hybridized carbons (Fsp3) is 0.500. The molecule has 0 radical (unpaired) electrons. The monoisotopic (exact) mass is 194 g/mol. The molecule has 2 nitrogen and oxygen atoms in total. The van der Waals surface area contributed by atoms with Crippen molar-refractivity contribution in [3.8, 4) is 0 Å². The number of aromatic nitrogens is 1. The van der Waals surface area contributed by atoms with E-state index in [1.807, 2.05) is 36.3 Å². The normalized spacial score (nSPS) is 18.5. The summed E-state index contributed by atoms with van der Waals surface area (Å²) >= 11 is 1.83. The van der Waals surface area contributed by atoms with Gasteiger partial charge in [0.25, 0.3) is 0 Å². The van der Waals surface area contributed by atoms with Crippen LogP contribution in [0.5, 0.6) is 0 Å². The highest BCUT2D eigenvalue weighted by Gasteiger charge is 2.28. The molecule has 0 aromatic carbocycles. The standard InChI is InChI=1S/C10H14N2S/c11-10(8-1-2-8)7-13-9-3-5-12-6-4-9/h3-6,8,10H,1-2,7,11H2. The van der Waals surface area contributed by atoms with E-state index in [1.165, 1.54) is 17.7 Å². The zero-order chi connectivity index (χ0) is 9.10. The van der Waals surface area contributed by atoms with Crippen LogP contribution in [0.15, 0.2) is 29.4 Å². The molecule has 0 spiro atoms. The fourth-order valence-electron chi connectivity index (χ4n) is 1.29. The molecule has 1 aliphatic rings. The van der Waals surface area contributed by atoms with Crippen molar-refractivity contribution in [2.45, 2.75) is 23.8 Å². The first-order valence-corrected chi connectivity index (χ1v) is 5.63. The SMILES string of the molecule is NC(CSc1ccncc1)C1CC1. The van der Waals surface area contributed by atoms with E-state index in [4.69, 9.17) is 5.73 Å². The number of nitrogens with two attached hydrogens (primary N) is 1. The maximum Gasteiger partial charge on any atom is 0.0278 e. The Balaban J connectivity index is 1.78. The van der Waals surface area contributed by atoms with Crippen LogP contribution in [-0.4, -0.2) is 16.8 Å². The van der Waals surface area contributed by atoms with Crippen molar-refractivity contribution in [1.82, 2.24) is 4.98 Å². The molecule has 0 aliphatic heterocycles. The zero-order valence-corrected chi connectivity index (χ0v) is 8.33. The predicted octanol–water partition coefficient (Wildman–Crippen LogP) is 1.91. The molecular weight excluding hydrogens is 180 g/mol. The van der Waals surface area contributed by atoms with Crippen LogP contribution in [0.4, 0.5) is 0 Å². The Kier molecular flexibility index (Phi) is 2.86. The molecule has 1 saturated carbocycles. The average Bonchev–Trinajstić information content (AvgIpc) is 2.99. The molecule has 0 amide bonds. The first-order chi connectivity index (χ1) is 6.36. The van der Waals surface area contributed by atoms with E-state index in [9.17, 15) is 0 Å². The molecule has 2 rings (SSSR count). The molecule has 1 atom stereocenters. The minimum absolute atomic E-state index is 0.387. The summed E-state index contributed by atoms with van der Waals surface area (Å²) in [5.74, 6) is 1.84. The molecule has 0 bridgehead atoms. The molecule has 1 aliphatic carbocycles. The van der Waals surface area contributed by atoms with Crippen LogP contribution in [0.25, 0.3) is 0 Å². The summed E-state index contributed by atoms with van der Waals surface area (Å²) in [6.45, 7) is 0. The van der Waals surface area contributed by atoms with E-state index in [0.29, 0.717) is 6.04 Å². The number of hydrogen-bond acceptors (Lipinski definition) is 3. The van der Waals surface area contributed by atoms with Crippen molar-refractivity contribution >= 4 is 11.8 Å². The van der Waals surface area contributed by atoms with Gasteiger partial charge in [-0.25, -0.2) is 0 Å². The van der Waals surface area contributed by atoms with Gasteiger partial charge >= 0.3 is 0 Å². The van der Waals surface area contributed by atoms with Gasteiger partial charge in [-0.05, 0) is 30.9 Å². The van der Waals surface area contributed by atoms with Crippen LogP contribution in [0.1, 0.15) is 12.8 Å². The lowest BCUT2D eigenvalue weighted by atomic mass is 10.2. The highest BCUT2D eigenvalue weighted by molar-refractivity contribution is 7.99. The smallest absolute Gasteiger partial charge is 0.0278 e. The lowest BCUT2D eigenvalue weighted by Crippen LogP contribution is -2.24. The van der Waals surface area contributed by atoms with E-state index in [1.54, 1.807) is 0 Å². The molecule has 3 heteroatoms. The highest BCUT2D eigenvalue weighted by Crippen LogP contribution is 2.33. The lowest BCUT2D eigenvalue weighted by molar-refractivity contribution is 0.659. The van der Waals surface area contributed by atoms with Crippen LogP contribution < -0.4 is 5.73 Å². The van der Waals surface area contributed by atoms with E-state index in [0.717, 1.165) is 11.7 Å². The van der Waals surface area contributed by atoms with Crippen molar-refractivity contribution in [2.24, 2.45) is 11.7 Å². The molecule has 1 aromatic heterocycles. The van der Waals surface area contributed by atoms with Gasteiger partial charge in [0.05, 0.1) is 0 Å². The summed E-state index contributed by atoms with van der Waals surface area (Å²) in [4.78, 5) is 5.24. The quantitative estimate of drug-likeness (QED) is 0.744. The molecule has 1 aromatic rings. The van der Waals surface area contributed by atoms with Gasteiger partial charge in [-0.1, -0.05) is 0 Å². The van der Waals surface area contributed by atoms with Crippen molar-refractivity contribution in [3.63, 3.8) is 0 Å². The van der Waals surface area contributed by atoms with Crippen molar-refractivity contribution in [3.05, 3.63) is 24.5 Å². The molecule has 1 heterocycles. The minimum Gasteiger partial charge on any atom is -0.327 e. The van der Waals surface area contributed by atoms with E-state index < -0.39 is 0 Å². The largest absolute Gasteiger partial charge is 0.327 e. The third-order valence-corrected chi connectivity index (χ3v) is 3.48. The summed E-state index contributed by atoms with van der Waals surface area (Å²) in [7, 11) is 0. The average molecular weight is 194 g/mol. The number of hydrogen-bond donors (Lipinski definition) is 1. The van der Waals surface area contributed by atoms with E-state index in [2.05, 4.69) is 4.98 Å². The Hall–Kier alpha value is -0.540. The second-order valence-electron chi connectivity index (χ2n) is 3.50. The van der Waals surface area contributed by atoms with Crippen LogP contribution >= 0.6 is 11.8 Å². The van der Waals surface area contributed by atoms with Crippen molar-refractivity contribution in [1.29, 1.82) is 0 Å². The van der Waals surface area contributed by atoms with Gasteiger partial charge in [0.15, 0.2) is 0 Å². The third kappa shape index (κ3) is 2.71. The van der Waals surface area contributed by atoms with Gasteiger partial charge in [0, 0.05) is 29.1 Å². The number of pyridine rings is 1. The van der Waals surface area contributed by atoms with Gasteiger partial charge in [0.1, 0.15) is 0 Å². The summed E-state index contributed by atoms with van der Waals surface area (Å²) < 4.78 is 0. The Morgan fingerprint density at radius 3 is 2.77 bits per heavy atom. The number of rotatable bonds is 4. The Morgan fingerprint density at radius 1 is 1.46 bits per heavy atom. The van der Waals surface area contributed by atoms with Crippen LogP contribution in [0.2, 0.25) is 0 Å². The Labute approximate surface area is 82.9 Å². The van der Waals surface area contributed by atoms with Crippen molar-refractivity contribution in [2.75, 3.05) is 5.75 Å². The molecule has 13 heavy (non-hydrogen) atoms. The summed E-state index contributed by atoms with van der Waals surface area (Å²) in [5, 5.41) is 0. The van der Waals surface area contributed by atoms with Crippen LogP contribution in [0, 0.1) is 5.92 Å². The maximum absolute atomic E-state index is 5.99. The summed E-state index contributed by atoms with van der Waals surface area (Å²) in [6, 6.07) is 4.45.